The van der Waals surface area contributed by atoms with Crippen LogP contribution in [0.4, 0.5) is 5.69 Å². The average Bonchev–Trinajstić information content (AvgIpc) is 2.46. The summed E-state index contributed by atoms with van der Waals surface area (Å²) < 4.78 is 5.01. The zero-order chi connectivity index (χ0) is 14.4. The minimum atomic E-state index is -0.342. The first kappa shape index (κ1) is 13.9. The number of pyridine rings is 1. The van der Waals surface area contributed by atoms with Gasteiger partial charge in [0.2, 0.25) is 11.8 Å². The number of carbonyl (C=O) groups excluding carboxylic acids is 1. The van der Waals surface area contributed by atoms with Gasteiger partial charge in [0, 0.05) is 24.5 Å². The molecule has 0 aliphatic heterocycles. The van der Waals surface area contributed by atoms with Gasteiger partial charge in [0.05, 0.1) is 13.5 Å². The van der Waals surface area contributed by atoms with Crippen LogP contribution in [-0.4, -0.2) is 18.0 Å². The standard InChI is InChI=1S/C15H17N3O2/c1-20-15-7-6-11(10-18-15)9-17-13-5-3-2-4-12(13)8-14(16)19/h2-7,10,17H,8-9H2,1H3,(H2,16,19). The number of nitrogens with two attached hydrogens (primary N) is 1. The molecule has 3 N–H and O–H groups in total. The molecule has 5 nitrogen and oxygen atoms in total. The van der Waals surface area contributed by atoms with E-state index < -0.39 is 0 Å². The normalized spacial score (nSPS) is 10.1. The minimum absolute atomic E-state index is 0.226. The Labute approximate surface area is 117 Å². The van der Waals surface area contributed by atoms with Crippen LogP contribution in [0.25, 0.3) is 0 Å². The lowest BCUT2D eigenvalue weighted by Gasteiger charge is -2.11. The van der Waals surface area contributed by atoms with E-state index in [1.165, 1.54) is 0 Å². The van der Waals surface area contributed by atoms with Crippen LogP contribution in [0.15, 0.2) is 42.6 Å². The molecular formula is C15H17N3O2. The highest BCUT2D eigenvalue weighted by Crippen LogP contribution is 2.17. The van der Waals surface area contributed by atoms with Crippen molar-refractivity contribution in [2.24, 2.45) is 5.73 Å². The number of amides is 1. The van der Waals surface area contributed by atoms with Crippen molar-refractivity contribution in [2.75, 3.05) is 12.4 Å². The average molecular weight is 271 g/mol. The maximum Gasteiger partial charge on any atom is 0.221 e. The number of nitrogens with zero attached hydrogens (tertiary/aromatic N) is 1. The van der Waals surface area contributed by atoms with Crippen LogP contribution in [0.1, 0.15) is 11.1 Å². The number of hydrogen-bond acceptors (Lipinski definition) is 4. The molecule has 1 aromatic heterocycles. The largest absolute Gasteiger partial charge is 0.481 e. The van der Waals surface area contributed by atoms with Crippen molar-refractivity contribution in [2.45, 2.75) is 13.0 Å². The lowest BCUT2D eigenvalue weighted by Crippen LogP contribution is -2.15. The third kappa shape index (κ3) is 3.71. The third-order valence-electron chi connectivity index (χ3n) is 2.87. The molecule has 1 aromatic carbocycles. The van der Waals surface area contributed by atoms with Gasteiger partial charge in [-0.05, 0) is 17.2 Å². The molecule has 1 amide bonds. The highest BCUT2D eigenvalue weighted by atomic mass is 16.5. The van der Waals surface area contributed by atoms with Gasteiger partial charge in [0.1, 0.15) is 0 Å². The summed E-state index contributed by atoms with van der Waals surface area (Å²) in [6.07, 6.45) is 1.98. The van der Waals surface area contributed by atoms with Crippen molar-refractivity contribution in [3.05, 3.63) is 53.7 Å². The number of aromatic nitrogens is 1. The second-order valence-electron chi connectivity index (χ2n) is 4.36. The van der Waals surface area contributed by atoms with Crippen LogP contribution >= 0.6 is 0 Å². The number of ether oxygens (including phenoxy) is 1. The van der Waals surface area contributed by atoms with Gasteiger partial charge in [-0.25, -0.2) is 4.98 Å². The van der Waals surface area contributed by atoms with Crippen LogP contribution in [-0.2, 0) is 17.8 Å². The third-order valence-corrected chi connectivity index (χ3v) is 2.87. The van der Waals surface area contributed by atoms with Gasteiger partial charge < -0.3 is 15.8 Å². The molecule has 20 heavy (non-hydrogen) atoms. The van der Waals surface area contributed by atoms with Gasteiger partial charge in [0.15, 0.2) is 0 Å². The molecule has 0 aliphatic carbocycles. The number of primary amides is 1. The predicted molar refractivity (Wildman–Crippen MR) is 77.5 cm³/mol. The Kier molecular flexibility index (Phi) is 4.55. The molecule has 0 radical (unpaired) electrons. The lowest BCUT2D eigenvalue weighted by atomic mass is 10.1. The highest BCUT2D eigenvalue weighted by Gasteiger charge is 2.04. The van der Waals surface area contributed by atoms with Crippen molar-refractivity contribution in [1.82, 2.24) is 4.98 Å². The maximum atomic E-state index is 11.0. The number of benzene rings is 1. The molecule has 0 unspecified atom stereocenters. The first-order chi connectivity index (χ1) is 9.69. The summed E-state index contributed by atoms with van der Waals surface area (Å²) in [5.74, 6) is 0.244. The first-order valence-corrected chi connectivity index (χ1v) is 6.28. The van der Waals surface area contributed by atoms with Crippen molar-refractivity contribution in [3.8, 4) is 5.88 Å². The Hall–Kier alpha value is -2.56. The SMILES string of the molecule is COc1ccc(CNc2ccccc2CC(N)=O)cn1. The number of hydrogen-bond donors (Lipinski definition) is 2. The Morgan fingerprint density at radius 1 is 1.30 bits per heavy atom. The quantitative estimate of drug-likeness (QED) is 0.838. The van der Waals surface area contributed by atoms with Crippen LogP contribution in [0.5, 0.6) is 5.88 Å². The topological polar surface area (TPSA) is 77.2 Å². The van der Waals surface area contributed by atoms with Gasteiger partial charge in [-0.2, -0.15) is 0 Å². The van der Waals surface area contributed by atoms with Gasteiger partial charge in [-0.1, -0.05) is 24.3 Å². The van der Waals surface area contributed by atoms with E-state index in [1.54, 1.807) is 13.3 Å². The number of para-hydroxylation sites is 1. The monoisotopic (exact) mass is 271 g/mol. The van der Waals surface area contributed by atoms with Crippen molar-refractivity contribution in [3.63, 3.8) is 0 Å². The number of anilines is 1. The summed E-state index contributed by atoms with van der Waals surface area (Å²) in [7, 11) is 1.58. The molecule has 1 heterocycles. The zero-order valence-electron chi connectivity index (χ0n) is 11.3. The molecule has 2 aromatic rings. The zero-order valence-corrected chi connectivity index (χ0v) is 11.3. The molecule has 0 aliphatic rings. The molecule has 0 bridgehead atoms. The Morgan fingerprint density at radius 3 is 2.75 bits per heavy atom. The predicted octanol–water partition coefficient (Wildman–Crippen LogP) is 1.73. The molecule has 0 spiro atoms. The molecule has 104 valence electrons. The fourth-order valence-corrected chi connectivity index (χ4v) is 1.87. The molecule has 2 rings (SSSR count). The molecule has 0 saturated heterocycles. The maximum absolute atomic E-state index is 11.0. The number of nitrogens with one attached hydrogen (secondary N) is 1. The number of methoxy groups -OCH3 is 1. The van der Waals surface area contributed by atoms with E-state index in [0.29, 0.717) is 12.4 Å². The summed E-state index contributed by atoms with van der Waals surface area (Å²) in [5.41, 5.74) is 8.06. The van der Waals surface area contributed by atoms with E-state index in [1.807, 2.05) is 36.4 Å². The highest BCUT2D eigenvalue weighted by molar-refractivity contribution is 5.78. The Morgan fingerprint density at radius 2 is 2.10 bits per heavy atom. The summed E-state index contributed by atoms with van der Waals surface area (Å²) in [4.78, 5) is 15.2. The summed E-state index contributed by atoms with van der Waals surface area (Å²) in [5, 5.41) is 3.28. The summed E-state index contributed by atoms with van der Waals surface area (Å²) in [6.45, 7) is 0.618. The van der Waals surface area contributed by atoms with Crippen molar-refractivity contribution >= 4 is 11.6 Å². The van der Waals surface area contributed by atoms with Gasteiger partial charge in [-0.15, -0.1) is 0 Å². The first-order valence-electron chi connectivity index (χ1n) is 6.28. The van der Waals surface area contributed by atoms with Crippen molar-refractivity contribution < 1.29 is 9.53 Å². The van der Waals surface area contributed by atoms with E-state index in [0.717, 1.165) is 16.8 Å². The number of carbonyl (C=O) groups is 1. The fraction of sp³-hybridized carbons (Fsp3) is 0.200. The molecule has 0 saturated carbocycles. The Bertz CT molecular complexity index is 582. The van der Waals surface area contributed by atoms with E-state index in [4.69, 9.17) is 10.5 Å². The fourth-order valence-electron chi connectivity index (χ4n) is 1.87. The Balaban J connectivity index is 2.04. The van der Waals surface area contributed by atoms with E-state index in [-0.39, 0.29) is 12.3 Å². The summed E-state index contributed by atoms with van der Waals surface area (Å²) >= 11 is 0. The number of rotatable bonds is 6. The second-order valence-corrected chi connectivity index (χ2v) is 4.36. The van der Waals surface area contributed by atoms with Gasteiger partial charge in [0.25, 0.3) is 0 Å². The van der Waals surface area contributed by atoms with E-state index in [2.05, 4.69) is 10.3 Å². The minimum Gasteiger partial charge on any atom is -0.481 e. The molecule has 0 fully saturated rings. The van der Waals surface area contributed by atoms with Crippen LogP contribution < -0.4 is 15.8 Å². The molecular weight excluding hydrogens is 254 g/mol. The van der Waals surface area contributed by atoms with Gasteiger partial charge in [-0.3, -0.25) is 4.79 Å². The molecule has 5 heteroatoms. The van der Waals surface area contributed by atoms with Crippen LogP contribution in [0.3, 0.4) is 0 Å². The van der Waals surface area contributed by atoms with Crippen LogP contribution in [0.2, 0.25) is 0 Å². The van der Waals surface area contributed by atoms with Gasteiger partial charge >= 0.3 is 0 Å². The van der Waals surface area contributed by atoms with Crippen molar-refractivity contribution in [1.29, 1.82) is 0 Å². The van der Waals surface area contributed by atoms with E-state index in [9.17, 15) is 4.79 Å². The smallest absolute Gasteiger partial charge is 0.221 e. The second kappa shape index (κ2) is 6.56. The van der Waals surface area contributed by atoms with Crippen LogP contribution in [0, 0.1) is 0 Å². The summed E-state index contributed by atoms with van der Waals surface area (Å²) in [6, 6.07) is 11.4. The van der Waals surface area contributed by atoms with E-state index >= 15 is 0 Å². The lowest BCUT2D eigenvalue weighted by molar-refractivity contribution is -0.117. The molecule has 0 atom stereocenters.